The van der Waals surface area contributed by atoms with Crippen molar-refractivity contribution < 1.29 is 4.74 Å². The van der Waals surface area contributed by atoms with Crippen LogP contribution in [0.5, 0.6) is 0 Å². The molecule has 18 heavy (non-hydrogen) atoms. The Balaban J connectivity index is 1.89. The van der Waals surface area contributed by atoms with Gasteiger partial charge in [0.1, 0.15) is 0 Å². The Bertz CT molecular complexity index is 349. The second-order valence-electron chi connectivity index (χ2n) is 5.94. The van der Waals surface area contributed by atoms with Gasteiger partial charge in [-0.1, -0.05) is 20.8 Å². The van der Waals surface area contributed by atoms with Gasteiger partial charge in [-0.05, 0) is 54.7 Å². The summed E-state index contributed by atoms with van der Waals surface area (Å²) in [6.07, 6.45) is 7.79. The van der Waals surface area contributed by atoms with E-state index in [0.29, 0.717) is 12.0 Å². The molecule has 1 aliphatic rings. The first-order valence-electron chi connectivity index (χ1n) is 7.18. The quantitative estimate of drug-likeness (QED) is 0.801. The van der Waals surface area contributed by atoms with Crippen molar-refractivity contribution in [1.82, 2.24) is 4.98 Å². The lowest BCUT2D eigenvalue weighted by Gasteiger charge is -2.33. The minimum Gasteiger partial charge on any atom is -0.378 e. The lowest BCUT2D eigenvalue weighted by atomic mass is 9.83. The maximum Gasteiger partial charge on any atom is 0.0583 e. The van der Waals surface area contributed by atoms with E-state index in [9.17, 15) is 0 Å². The Morgan fingerprint density at radius 1 is 1.28 bits per heavy atom. The lowest BCUT2D eigenvalue weighted by molar-refractivity contribution is -0.0255. The van der Waals surface area contributed by atoms with Crippen molar-refractivity contribution in [3.8, 4) is 0 Å². The summed E-state index contributed by atoms with van der Waals surface area (Å²) in [5, 5.41) is 0. The van der Waals surface area contributed by atoms with Crippen molar-refractivity contribution in [3.05, 3.63) is 30.1 Å². The third-order valence-corrected chi connectivity index (χ3v) is 4.24. The fourth-order valence-corrected chi connectivity index (χ4v) is 2.90. The van der Waals surface area contributed by atoms with Gasteiger partial charge in [0, 0.05) is 19.0 Å². The summed E-state index contributed by atoms with van der Waals surface area (Å²) in [5.74, 6) is 2.19. The molecule has 0 saturated carbocycles. The van der Waals surface area contributed by atoms with E-state index in [1.807, 2.05) is 12.4 Å². The second-order valence-corrected chi connectivity index (χ2v) is 5.94. The van der Waals surface area contributed by atoms with Gasteiger partial charge in [0.05, 0.1) is 6.10 Å². The Hall–Kier alpha value is -0.890. The highest BCUT2D eigenvalue weighted by Gasteiger charge is 2.26. The SMILES string of the molecule is CC(C)C1CCOC(C[C@@H](C)c2ccncc2)C1. The average molecular weight is 247 g/mol. The second kappa shape index (κ2) is 6.33. The van der Waals surface area contributed by atoms with Crippen molar-refractivity contribution in [1.29, 1.82) is 0 Å². The molecule has 2 rings (SSSR count). The fourth-order valence-electron chi connectivity index (χ4n) is 2.90. The summed E-state index contributed by atoms with van der Waals surface area (Å²) in [6, 6.07) is 4.24. The zero-order chi connectivity index (χ0) is 13.0. The van der Waals surface area contributed by atoms with E-state index in [1.165, 1.54) is 18.4 Å². The molecule has 0 N–H and O–H groups in total. The number of pyridine rings is 1. The minimum absolute atomic E-state index is 0.439. The summed E-state index contributed by atoms with van der Waals surface area (Å²) in [7, 11) is 0. The Morgan fingerprint density at radius 2 is 2.00 bits per heavy atom. The van der Waals surface area contributed by atoms with E-state index in [4.69, 9.17) is 4.74 Å². The highest BCUT2D eigenvalue weighted by molar-refractivity contribution is 5.14. The van der Waals surface area contributed by atoms with Gasteiger partial charge < -0.3 is 4.74 Å². The van der Waals surface area contributed by atoms with Crippen LogP contribution in [-0.2, 0) is 4.74 Å². The topological polar surface area (TPSA) is 22.1 Å². The summed E-state index contributed by atoms with van der Waals surface area (Å²) in [4.78, 5) is 4.08. The first-order valence-corrected chi connectivity index (χ1v) is 7.18. The molecule has 0 amide bonds. The van der Waals surface area contributed by atoms with Gasteiger partial charge in [-0.25, -0.2) is 0 Å². The predicted molar refractivity (Wildman–Crippen MR) is 74.6 cm³/mol. The van der Waals surface area contributed by atoms with Gasteiger partial charge in [0.2, 0.25) is 0 Å². The summed E-state index contributed by atoms with van der Waals surface area (Å²) in [6.45, 7) is 7.90. The van der Waals surface area contributed by atoms with Crippen molar-refractivity contribution in [2.45, 2.75) is 52.1 Å². The third kappa shape index (κ3) is 3.55. The molecule has 1 aliphatic heterocycles. The number of aromatic nitrogens is 1. The van der Waals surface area contributed by atoms with Gasteiger partial charge in [-0.15, -0.1) is 0 Å². The van der Waals surface area contributed by atoms with Gasteiger partial charge in [0.25, 0.3) is 0 Å². The first kappa shape index (κ1) is 13.5. The van der Waals surface area contributed by atoms with Crippen LogP contribution in [0.4, 0.5) is 0 Å². The normalized spacial score (nSPS) is 26.2. The highest BCUT2D eigenvalue weighted by Crippen LogP contribution is 2.31. The van der Waals surface area contributed by atoms with Crippen LogP contribution < -0.4 is 0 Å². The molecule has 2 nitrogen and oxygen atoms in total. The molecule has 2 heterocycles. The summed E-state index contributed by atoms with van der Waals surface area (Å²) >= 11 is 0. The first-order chi connectivity index (χ1) is 8.66. The van der Waals surface area contributed by atoms with Crippen molar-refractivity contribution in [3.63, 3.8) is 0 Å². The standard InChI is InChI=1S/C16H25NO/c1-12(2)15-6-9-18-16(11-15)10-13(3)14-4-7-17-8-5-14/h4-5,7-8,12-13,15-16H,6,9-11H2,1-3H3/t13-,15?,16?/m1/s1. The molecule has 100 valence electrons. The molecule has 0 spiro atoms. The lowest BCUT2D eigenvalue weighted by Crippen LogP contribution is -2.29. The van der Waals surface area contributed by atoms with Crippen molar-refractivity contribution in [2.24, 2.45) is 11.8 Å². The molecule has 0 bridgehead atoms. The molecular weight excluding hydrogens is 222 g/mol. The van der Waals surface area contributed by atoms with Crippen LogP contribution in [0.3, 0.4) is 0 Å². The van der Waals surface area contributed by atoms with E-state index >= 15 is 0 Å². The van der Waals surface area contributed by atoms with Crippen LogP contribution in [-0.4, -0.2) is 17.7 Å². The smallest absolute Gasteiger partial charge is 0.0583 e. The zero-order valence-corrected chi connectivity index (χ0v) is 11.8. The van der Waals surface area contributed by atoms with E-state index in [2.05, 4.69) is 37.9 Å². The molecule has 1 aromatic rings. The average Bonchev–Trinajstić information content (AvgIpc) is 2.40. The molecular formula is C16H25NO. The number of hydrogen-bond acceptors (Lipinski definition) is 2. The molecule has 1 aromatic heterocycles. The van der Waals surface area contributed by atoms with Gasteiger partial charge in [0.15, 0.2) is 0 Å². The Morgan fingerprint density at radius 3 is 2.67 bits per heavy atom. The molecule has 2 unspecified atom stereocenters. The molecule has 0 aliphatic carbocycles. The zero-order valence-electron chi connectivity index (χ0n) is 11.8. The van der Waals surface area contributed by atoms with Crippen LogP contribution in [0.15, 0.2) is 24.5 Å². The largest absolute Gasteiger partial charge is 0.378 e. The van der Waals surface area contributed by atoms with Crippen LogP contribution in [0.25, 0.3) is 0 Å². The summed E-state index contributed by atoms with van der Waals surface area (Å²) < 4.78 is 5.93. The maximum atomic E-state index is 5.93. The molecule has 1 fully saturated rings. The van der Waals surface area contributed by atoms with Gasteiger partial charge in [-0.3, -0.25) is 4.98 Å². The third-order valence-electron chi connectivity index (χ3n) is 4.24. The number of rotatable bonds is 4. The molecule has 0 radical (unpaired) electrons. The predicted octanol–water partition coefficient (Wildman–Crippen LogP) is 4.03. The Labute approximate surface area is 111 Å². The number of ether oxygens (including phenoxy) is 1. The van der Waals surface area contributed by atoms with Crippen molar-refractivity contribution in [2.75, 3.05) is 6.61 Å². The fraction of sp³-hybridized carbons (Fsp3) is 0.688. The van der Waals surface area contributed by atoms with Crippen LogP contribution in [0.2, 0.25) is 0 Å². The van der Waals surface area contributed by atoms with Crippen LogP contribution in [0, 0.1) is 11.8 Å². The Kier molecular flexibility index (Phi) is 4.76. The molecule has 3 atom stereocenters. The number of nitrogens with zero attached hydrogens (tertiary/aromatic N) is 1. The maximum absolute atomic E-state index is 5.93. The van der Waals surface area contributed by atoms with Crippen LogP contribution in [0.1, 0.15) is 51.5 Å². The van der Waals surface area contributed by atoms with Gasteiger partial charge >= 0.3 is 0 Å². The minimum atomic E-state index is 0.439. The number of hydrogen-bond donors (Lipinski definition) is 0. The molecule has 1 saturated heterocycles. The van der Waals surface area contributed by atoms with Crippen LogP contribution >= 0.6 is 0 Å². The van der Waals surface area contributed by atoms with E-state index in [-0.39, 0.29) is 0 Å². The summed E-state index contributed by atoms with van der Waals surface area (Å²) in [5.41, 5.74) is 1.38. The van der Waals surface area contributed by atoms with Crippen molar-refractivity contribution >= 4 is 0 Å². The monoisotopic (exact) mass is 247 g/mol. The van der Waals surface area contributed by atoms with E-state index < -0.39 is 0 Å². The molecule has 2 heteroatoms. The van der Waals surface area contributed by atoms with E-state index in [1.54, 1.807) is 0 Å². The van der Waals surface area contributed by atoms with Gasteiger partial charge in [-0.2, -0.15) is 0 Å². The van der Waals surface area contributed by atoms with E-state index in [0.717, 1.165) is 24.9 Å². The molecule has 0 aromatic carbocycles. The highest BCUT2D eigenvalue weighted by atomic mass is 16.5.